The summed E-state index contributed by atoms with van der Waals surface area (Å²) in [6, 6.07) is 5.57. The van der Waals surface area contributed by atoms with Gasteiger partial charge in [0.25, 0.3) is 0 Å². The number of hydrogen-bond acceptors (Lipinski definition) is 4. The maximum Gasteiger partial charge on any atom is 0.305 e. The van der Waals surface area contributed by atoms with Crippen LogP contribution in [0.3, 0.4) is 0 Å². The maximum absolute atomic E-state index is 10.4. The van der Waals surface area contributed by atoms with Crippen LogP contribution in [0.5, 0.6) is 5.75 Å². The Hall–Kier alpha value is -1.59. The van der Waals surface area contributed by atoms with Crippen molar-refractivity contribution in [3.63, 3.8) is 0 Å². The molecule has 0 unspecified atom stereocenters. The normalized spacial score (nSPS) is 16.1. The minimum absolute atomic E-state index is 0.0281. The van der Waals surface area contributed by atoms with E-state index in [-0.39, 0.29) is 13.0 Å². The molecule has 1 saturated heterocycles. The first-order valence-electron chi connectivity index (χ1n) is 6.86. The van der Waals surface area contributed by atoms with Gasteiger partial charge in [-0.25, -0.2) is 0 Å². The fourth-order valence-electron chi connectivity index (χ4n) is 2.61. The van der Waals surface area contributed by atoms with Crippen LogP contribution in [-0.2, 0) is 16.0 Å². The molecule has 1 fully saturated rings. The van der Waals surface area contributed by atoms with Crippen molar-refractivity contribution in [2.24, 2.45) is 0 Å². The number of ether oxygens (including phenoxy) is 1. The molecule has 0 atom stereocenters. The van der Waals surface area contributed by atoms with E-state index in [1.807, 2.05) is 12.1 Å². The number of aliphatic carboxylic acids is 1. The van der Waals surface area contributed by atoms with E-state index in [1.54, 1.807) is 6.07 Å². The molecule has 5 heteroatoms. The Morgan fingerprint density at radius 2 is 2.15 bits per heavy atom. The highest BCUT2D eigenvalue weighted by molar-refractivity contribution is 5.66. The van der Waals surface area contributed by atoms with Gasteiger partial charge in [-0.3, -0.25) is 4.79 Å². The number of likely N-dealkylation sites (tertiary alicyclic amines) is 1. The van der Waals surface area contributed by atoms with Crippen molar-refractivity contribution in [2.75, 3.05) is 33.4 Å². The number of benzene rings is 1. The quantitative estimate of drug-likeness (QED) is 0.739. The highest BCUT2D eigenvalue weighted by Crippen LogP contribution is 2.34. The van der Waals surface area contributed by atoms with Crippen LogP contribution in [0.2, 0.25) is 0 Å². The van der Waals surface area contributed by atoms with Crippen LogP contribution in [0.1, 0.15) is 23.5 Å². The van der Waals surface area contributed by atoms with Crippen molar-refractivity contribution in [1.82, 2.24) is 4.90 Å². The monoisotopic (exact) mass is 279 g/mol. The van der Waals surface area contributed by atoms with Gasteiger partial charge < -0.3 is 19.8 Å². The van der Waals surface area contributed by atoms with E-state index < -0.39 is 5.97 Å². The summed E-state index contributed by atoms with van der Waals surface area (Å²) < 4.78 is 5.32. The summed E-state index contributed by atoms with van der Waals surface area (Å²) in [6.45, 7) is 2.64. The minimum Gasteiger partial charge on any atom is -0.508 e. The summed E-state index contributed by atoms with van der Waals surface area (Å²) in [5, 5.41) is 18.6. The number of rotatable bonds is 7. The fraction of sp³-hybridized carbons (Fsp3) is 0.533. The molecule has 1 aromatic carbocycles. The van der Waals surface area contributed by atoms with Crippen LogP contribution in [0.4, 0.5) is 0 Å². The van der Waals surface area contributed by atoms with Gasteiger partial charge in [-0.05, 0) is 25.1 Å². The number of phenolic OH excluding ortho intramolecular Hbond substituents is 1. The maximum atomic E-state index is 10.4. The van der Waals surface area contributed by atoms with Gasteiger partial charge in [-0.2, -0.15) is 0 Å². The summed E-state index contributed by atoms with van der Waals surface area (Å²) in [5.41, 5.74) is 2.12. The number of nitrogens with zero attached hydrogens (tertiary/aromatic N) is 1. The van der Waals surface area contributed by atoms with Crippen molar-refractivity contribution in [3.05, 3.63) is 29.3 Å². The number of phenols is 1. The number of carbonyl (C=O) groups is 1. The van der Waals surface area contributed by atoms with Crippen LogP contribution in [0, 0.1) is 0 Å². The molecule has 1 aliphatic rings. The van der Waals surface area contributed by atoms with E-state index in [0.717, 1.165) is 24.2 Å². The van der Waals surface area contributed by atoms with Crippen LogP contribution in [0.25, 0.3) is 0 Å². The number of hydrogen-bond donors (Lipinski definition) is 2. The molecule has 0 aromatic heterocycles. The van der Waals surface area contributed by atoms with Gasteiger partial charge in [-0.1, -0.05) is 12.1 Å². The first-order chi connectivity index (χ1) is 9.58. The predicted octanol–water partition coefficient (Wildman–Crippen LogP) is 1.45. The Kier molecular flexibility index (Phi) is 4.98. The number of aromatic hydroxyl groups is 1. The third kappa shape index (κ3) is 3.71. The van der Waals surface area contributed by atoms with Gasteiger partial charge in [0.15, 0.2) is 0 Å². The lowest BCUT2D eigenvalue weighted by atomic mass is 9.87. The zero-order valence-electron chi connectivity index (χ0n) is 11.7. The summed E-state index contributed by atoms with van der Waals surface area (Å²) in [6.07, 6.45) is 0.726. The second-order valence-corrected chi connectivity index (χ2v) is 5.27. The van der Waals surface area contributed by atoms with Crippen molar-refractivity contribution in [1.29, 1.82) is 0 Å². The van der Waals surface area contributed by atoms with Crippen molar-refractivity contribution in [3.8, 4) is 5.75 Å². The molecule has 0 bridgehead atoms. The third-order valence-electron chi connectivity index (χ3n) is 3.62. The number of likely N-dealkylation sites (N-methyl/N-ethyl adjacent to an activating group) is 1. The van der Waals surface area contributed by atoms with E-state index in [1.165, 1.54) is 0 Å². The molecule has 2 rings (SSSR count). The second kappa shape index (κ2) is 6.72. The van der Waals surface area contributed by atoms with E-state index in [4.69, 9.17) is 9.84 Å². The minimum atomic E-state index is -0.847. The Morgan fingerprint density at radius 3 is 2.80 bits per heavy atom. The number of carboxylic acids is 1. The molecule has 0 spiro atoms. The lowest BCUT2D eigenvalue weighted by Crippen LogP contribution is -2.42. The molecule has 2 N–H and O–H groups in total. The zero-order valence-corrected chi connectivity index (χ0v) is 11.7. The Morgan fingerprint density at radius 1 is 1.40 bits per heavy atom. The molecule has 1 aliphatic heterocycles. The van der Waals surface area contributed by atoms with Gasteiger partial charge in [0.2, 0.25) is 0 Å². The highest BCUT2D eigenvalue weighted by Gasteiger charge is 2.28. The smallest absolute Gasteiger partial charge is 0.305 e. The Labute approximate surface area is 118 Å². The van der Waals surface area contributed by atoms with Crippen molar-refractivity contribution in [2.45, 2.75) is 18.8 Å². The van der Waals surface area contributed by atoms with Gasteiger partial charge >= 0.3 is 5.97 Å². The third-order valence-corrected chi connectivity index (χ3v) is 3.62. The summed E-state index contributed by atoms with van der Waals surface area (Å²) in [7, 11) is 2.06. The molecule has 1 heterocycles. The standard InChI is InChI=1S/C15H21NO4/c1-16-9-12(10-16)15-11(3-2-4-13(15)17)5-7-20-8-6-14(18)19/h2-4,12,17H,5-10H2,1H3,(H,18,19). The van der Waals surface area contributed by atoms with Crippen LogP contribution in [0.15, 0.2) is 18.2 Å². The molecular formula is C15H21NO4. The van der Waals surface area contributed by atoms with Gasteiger partial charge in [0, 0.05) is 24.6 Å². The lowest BCUT2D eigenvalue weighted by Gasteiger charge is -2.37. The molecule has 0 radical (unpaired) electrons. The zero-order chi connectivity index (χ0) is 14.5. The van der Waals surface area contributed by atoms with Gasteiger partial charge in [-0.15, -0.1) is 0 Å². The average molecular weight is 279 g/mol. The van der Waals surface area contributed by atoms with Gasteiger partial charge in [0.1, 0.15) is 5.75 Å². The molecule has 0 saturated carbocycles. The van der Waals surface area contributed by atoms with E-state index in [0.29, 0.717) is 24.7 Å². The van der Waals surface area contributed by atoms with Crippen LogP contribution < -0.4 is 0 Å². The first kappa shape index (κ1) is 14.8. The largest absolute Gasteiger partial charge is 0.508 e. The SMILES string of the molecule is CN1CC(c2c(O)cccc2CCOCCC(=O)O)C1. The lowest BCUT2D eigenvalue weighted by molar-refractivity contribution is -0.138. The molecule has 1 aromatic rings. The number of carboxylic acid groups (broad SMARTS) is 1. The summed E-state index contributed by atoms with van der Waals surface area (Å²) in [4.78, 5) is 12.6. The van der Waals surface area contributed by atoms with Gasteiger partial charge in [0.05, 0.1) is 19.6 Å². The Bertz CT molecular complexity index is 469. The van der Waals surface area contributed by atoms with E-state index >= 15 is 0 Å². The predicted molar refractivity (Wildman–Crippen MR) is 75.1 cm³/mol. The van der Waals surface area contributed by atoms with Crippen molar-refractivity contribution < 1.29 is 19.7 Å². The second-order valence-electron chi connectivity index (χ2n) is 5.27. The molecule has 0 aliphatic carbocycles. The molecule has 5 nitrogen and oxygen atoms in total. The van der Waals surface area contributed by atoms with Crippen LogP contribution >= 0.6 is 0 Å². The topological polar surface area (TPSA) is 70.0 Å². The van der Waals surface area contributed by atoms with Crippen LogP contribution in [-0.4, -0.2) is 54.4 Å². The molecule has 0 amide bonds. The molecule has 110 valence electrons. The molecule has 20 heavy (non-hydrogen) atoms. The summed E-state index contributed by atoms with van der Waals surface area (Å²) in [5.74, 6) is -0.109. The molecular weight excluding hydrogens is 258 g/mol. The van der Waals surface area contributed by atoms with E-state index in [2.05, 4.69) is 11.9 Å². The first-order valence-corrected chi connectivity index (χ1v) is 6.86. The fourth-order valence-corrected chi connectivity index (χ4v) is 2.61. The highest BCUT2D eigenvalue weighted by atomic mass is 16.5. The summed E-state index contributed by atoms with van der Waals surface area (Å²) >= 11 is 0. The Balaban J connectivity index is 1.90. The van der Waals surface area contributed by atoms with Crippen molar-refractivity contribution >= 4 is 5.97 Å². The average Bonchev–Trinajstić information content (AvgIpc) is 2.35. The van der Waals surface area contributed by atoms with E-state index in [9.17, 15) is 9.90 Å².